The van der Waals surface area contributed by atoms with Gasteiger partial charge in [-0.2, -0.15) is 0 Å². The number of piperidine rings is 1. The van der Waals surface area contributed by atoms with Crippen LogP contribution in [0.3, 0.4) is 0 Å². The summed E-state index contributed by atoms with van der Waals surface area (Å²) in [5.41, 5.74) is 1.93. The quantitative estimate of drug-likeness (QED) is 0.198. The third-order valence-electron chi connectivity index (χ3n) is 10.8. The zero-order valence-corrected chi connectivity index (χ0v) is 28.3. The minimum absolute atomic E-state index is 0.103. The third kappa shape index (κ3) is 4.43. The molecule has 3 aliphatic heterocycles. The van der Waals surface area contributed by atoms with Gasteiger partial charge in [0.25, 0.3) is 11.8 Å². The number of hydrogen-bond acceptors (Lipinski definition) is 7. The van der Waals surface area contributed by atoms with Crippen LogP contribution in [-0.2, 0) is 25.7 Å². The number of methoxy groups -OCH3 is 1. The summed E-state index contributed by atoms with van der Waals surface area (Å²) in [6, 6.07) is 14.7. The van der Waals surface area contributed by atoms with Crippen LogP contribution in [0, 0.1) is 17.8 Å². The van der Waals surface area contributed by atoms with Gasteiger partial charge in [-0.05, 0) is 49.3 Å². The van der Waals surface area contributed by atoms with E-state index < -0.39 is 45.2 Å². The van der Waals surface area contributed by atoms with Gasteiger partial charge >= 0.3 is 0 Å². The minimum Gasteiger partial charge on any atom is -0.508 e. The molecule has 1 N–H and O–H groups in total. The van der Waals surface area contributed by atoms with E-state index in [2.05, 4.69) is 33.0 Å². The molecule has 1 saturated carbocycles. The molecule has 46 heavy (non-hydrogen) atoms. The van der Waals surface area contributed by atoms with E-state index in [1.807, 2.05) is 24.3 Å². The van der Waals surface area contributed by atoms with Crippen LogP contribution < -0.4 is 4.74 Å². The Morgan fingerprint density at radius 1 is 0.957 bits per heavy atom. The predicted molar refractivity (Wildman–Crippen MR) is 175 cm³/mol. The summed E-state index contributed by atoms with van der Waals surface area (Å²) in [4.78, 5) is 57.1. The fourth-order valence-corrected chi connectivity index (χ4v) is 10.0. The first kappa shape index (κ1) is 31.7. The van der Waals surface area contributed by atoms with Crippen molar-refractivity contribution in [3.05, 3.63) is 71.3 Å². The number of alkyl halides is 3. The largest absolute Gasteiger partial charge is 0.508 e. The van der Waals surface area contributed by atoms with E-state index in [0.717, 1.165) is 24.5 Å². The van der Waals surface area contributed by atoms with Crippen LogP contribution in [0.4, 0.5) is 0 Å². The van der Waals surface area contributed by atoms with Gasteiger partial charge in [-0.15, -0.1) is 23.2 Å². The highest BCUT2D eigenvalue weighted by Crippen LogP contribution is 2.67. The van der Waals surface area contributed by atoms with Crippen molar-refractivity contribution in [2.75, 3.05) is 25.7 Å². The number of fused-ring (bicyclic) bond motifs is 4. The van der Waals surface area contributed by atoms with Crippen molar-refractivity contribution in [3.63, 3.8) is 0 Å². The molecular weight excluding hydrogens is 697 g/mol. The number of allylic oxidation sites excluding steroid dienone is 2. The molecule has 2 aliphatic carbocycles. The lowest BCUT2D eigenvalue weighted by Crippen LogP contribution is -2.60. The number of rotatable bonds is 6. The van der Waals surface area contributed by atoms with Gasteiger partial charge in [0, 0.05) is 37.2 Å². The fraction of sp³-hybridized carbons (Fsp3) is 0.471. The summed E-state index contributed by atoms with van der Waals surface area (Å²) in [6.07, 6.45) is 3.37. The lowest BCUT2D eigenvalue weighted by Gasteiger charge is -2.51. The van der Waals surface area contributed by atoms with Crippen molar-refractivity contribution in [2.45, 2.75) is 53.9 Å². The summed E-state index contributed by atoms with van der Waals surface area (Å²) in [7, 11) is 1.44. The topological polar surface area (TPSA) is 107 Å². The Hall–Kier alpha value is -2.92. The first-order valence-corrected chi connectivity index (χ1v) is 17.4. The van der Waals surface area contributed by atoms with Crippen molar-refractivity contribution >= 4 is 62.8 Å². The maximum atomic E-state index is 14.4. The predicted octanol–water partition coefficient (Wildman–Crippen LogP) is 4.78. The normalized spacial score (nSPS) is 33.2. The highest BCUT2D eigenvalue weighted by Gasteiger charge is 2.76. The number of phenols is 1. The lowest BCUT2D eigenvalue weighted by molar-refractivity contribution is -0.144. The van der Waals surface area contributed by atoms with E-state index in [4.69, 9.17) is 27.9 Å². The first-order valence-electron chi connectivity index (χ1n) is 15.6. The molecule has 2 aromatic carbocycles. The molecule has 0 unspecified atom stereocenters. The number of benzene rings is 2. The molecule has 4 amide bonds. The molecule has 4 fully saturated rings. The summed E-state index contributed by atoms with van der Waals surface area (Å²) in [5.74, 6) is -4.90. The third-order valence-corrected chi connectivity index (χ3v) is 12.7. The van der Waals surface area contributed by atoms with Crippen molar-refractivity contribution in [1.29, 1.82) is 0 Å². The summed E-state index contributed by atoms with van der Waals surface area (Å²) in [5, 5.41) is 11.2. The Morgan fingerprint density at radius 3 is 2.35 bits per heavy atom. The number of carbonyl (C=O) groups is 4. The SMILES string of the molecule is COc1cccc(O)c1[C@H]1C2=CC[C@@H]3C(=O)N(C4CCN(Cc5ccccc5)CC4)C(=O)[C@@H]3[C@@H]2C[C@@]2(Cl)C(=O)N(CBr)C(=O)[C@@]12Cl. The molecular formula is C34H34BrCl2N3O6. The number of likely N-dealkylation sites (tertiary alicyclic amines) is 3. The van der Waals surface area contributed by atoms with Crippen molar-refractivity contribution in [1.82, 2.24) is 14.7 Å². The Kier molecular flexibility index (Phi) is 8.02. The molecule has 0 spiro atoms. The van der Waals surface area contributed by atoms with E-state index >= 15 is 0 Å². The van der Waals surface area contributed by atoms with E-state index in [9.17, 15) is 24.3 Å². The molecule has 12 heteroatoms. The zero-order chi connectivity index (χ0) is 32.5. The Balaban J connectivity index is 1.24. The van der Waals surface area contributed by atoms with E-state index in [-0.39, 0.29) is 53.2 Å². The number of amides is 4. The maximum Gasteiger partial charge on any atom is 0.254 e. The highest BCUT2D eigenvalue weighted by molar-refractivity contribution is 9.09. The molecule has 3 saturated heterocycles. The smallest absolute Gasteiger partial charge is 0.254 e. The van der Waals surface area contributed by atoms with Gasteiger partial charge in [-0.25, -0.2) is 0 Å². The molecule has 2 aromatic rings. The fourth-order valence-electron chi connectivity index (χ4n) is 8.63. The van der Waals surface area contributed by atoms with Gasteiger partial charge in [0.15, 0.2) is 9.75 Å². The molecule has 0 radical (unpaired) electrons. The van der Waals surface area contributed by atoms with Gasteiger partial charge in [0.1, 0.15) is 11.5 Å². The lowest BCUT2D eigenvalue weighted by atomic mass is 9.56. The van der Waals surface area contributed by atoms with Crippen LogP contribution in [0.1, 0.15) is 42.7 Å². The van der Waals surface area contributed by atoms with Crippen LogP contribution in [0.5, 0.6) is 11.5 Å². The van der Waals surface area contributed by atoms with Crippen molar-refractivity contribution in [2.24, 2.45) is 17.8 Å². The minimum atomic E-state index is -2.02. The Morgan fingerprint density at radius 2 is 1.67 bits per heavy atom. The summed E-state index contributed by atoms with van der Waals surface area (Å²) in [6.45, 7) is 2.32. The van der Waals surface area contributed by atoms with Gasteiger partial charge in [-0.1, -0.05) is 64.0 Å². The molecule has 242 valence electrons. The number of phenolic OH excluding ortho intramolecular Hbond substituents is 1. The second-order valence-corrected chi connectivity index (χ2v) is 14.7. The van der Waals surface area contributed by atoms with Crippen LogP contribution in [0.2, 0.25) is 0 Å². The number of nitrogens with zero attached hydrogens (tertiary/aromatic N) is 3. The number of halogens is 3. The second kappa shape index (κ2) is 11.6. The van der Waals surface area contributed by atoms with Gasteiger partial charge in [0.2, 0.25) is 11.8 Å². The average Bonchev–Trinajstić information content (AvgIpc) is 3.39. The van der Waals surface area contributed by atoms with Crippen molar-refractivity contribution < 1.29 is 29.0 Å². The second-order valence-electron chi connectivity index (χ2n) is 12.9. The number of hydrogen-bond donors (Lipinski definition) is 1. The summed E-state index contributed by atoms with van der Waals surface area (Å²) < 4.78 is 5.63. The maximum absolute atomic E-state index is 14.4. The number of aromatic hydroxyl groups is 1. The van der Waals surface area contributed by atoms with Crippen LogP contribution in [0.25, 0.3) is 0 Å². The molecule has 5 aliphatic rings. The molecule has 0 bridgehead atoms. The Bertz CT molecular complexity index is 1650. The average molecular weight is 731 g/mol. The van der Waals surface area contributed by atoms with Crippen molar-refractivity contribution in [3.8, 4) is 11.5 Å². The molecule has 0 aromatic heterocycles. The summed E-state index contributed by atoms with van der Waals surface area (Å²) >= 11 is 17.8. The molecule has 3 heterocycles. The van der Waals surface area contributed by atoms with Crippen LogP contribution in [-0.4, -0.2) is 84.9 Å². The van der Waals surface area contributed by atoms with E-state index in [1.165, 1.54) is 23.6 Å². The van der Waals surface area contributed by atoms with E-state index in [1.54, 1.807) is 12.1 Å². The molecule has 7 rings (SSSR count). The molecule has 9 nitrogen and oxygen atoms in total. The Labute approximate surface area is 285 Å². The zero-order valence-electron chi connectivity index (χ0n) is 25.2. The van der Waals surface area contributed by atoms with Gasteiger partial charge in [0.05, 0.1) is 24.4 Å². The van der Waals surface area contributed by atoms with Gasteiger partial charge < -0.3 is 9.84 Å². The van der Waals surface area contributed by atoms with Crippen LogP contribution >= 0.6 is 39.1 Å². The number of ether oxygens (including phenoxy) is 1. The molecule has 6 atom stereocenters. The first-order chi connectivity index (χ1) is 22.1. The standard InChI is InChI=1S/C34H34BrCl2N3O6/c1-46-25-9-5-8-24(41)27(25)28-21-10-11-22-26(23(21)16-33(36)31(44)39(18-35)32(45)34(28,33)37)30(43)40(29(22)42)20-12-14-38(15-13-20)17-19-6-3-2-4-7-19/h2-10,20,22-23,26,28,41H,11-18H2,1H3/t22-,23+,26-,28+,33+,34-/m0/s1. The van der Waals surface area contributed by atoms with Gasteiger partial charge in [-0.3, -0.25) is 33.9 Å². The van der Waals surface area contributed by atoms with E-state index in [0.29, 0.717) is 18.4 Å². The number of imide groups is 2. The highest BCUT2D eigenvalue weighted by atomic mass is 79.9. The van der Waals surface area contributed by atoms with Crippen LogP contribution in [0.15, 0.2) is 60.2 Å². The number of carbonyl (C=O) groups excluding carboxylic acids is 4. The monoisotopic (exact) mass is 729 g/mol.